The number of hydrogen-bond donors (Lipinski definition) is 2. The minimum atomic E-state index is -0.0202. The van der Waals surface area contributed by atoms with Gasteiger partial charge in [0.2, 0.25) is 0 Å². The molecule has 1 aromatic rings. The van der Waals surface area contributed by atoms with Crippen molar-refractivity contribution in [2.75, 3.05) is 13.6 Å². The molecule has 0 aliphatic carbocycles. The number of rotatable bonds is 5. The number of ketones is 1. The Bertz CT molecular complexity index is 344. The van der Waals surface area contributed by atoms with E-state index in [1.54, 1.807) is 13.2 Å². The van der Waals surface area contributed by atoms with Gasteiger partial charge in [0.1, 0.15) is 0 Å². The van der Waals surface area contributed by atoms with Crippen molar-refractivity contribution in [2.45, 2.75) is 6.42 Å². The van der Waals surface area contributed by atoms with E-state index in [2.05, 4.69) is 5.32 Å². The maximum Gasteiger partial charge on any atom is 0.174 e. The minimum absolute atomic E-state index is 0.0202. The van der Waals surface area contributed by atoms with Gasteiger partial charge in [-0.3, -0.25) is 4.79 Å². The maximum absolute atomic E-state index is 11.5. The highest BCUT2D eigenvalue weighted by atomic mass is 16.1. The Balaban J connectivity index is 2.76. The smallest absolute Gasteiger partial charge is 0.174 e. The van der Waals surface area contributed by atoms with E-state index in [0.29, 0.717) is 12.0 Å². The van der Waals surface area contributed by atoms with Crippen LogP contribution in [0.5, 0.6) is 0 Å². The molecule has 0 radical (unpaired) electrons. The van der Waals surface area contributed by atoms with Gasteiger partial charge in [-0.15, -0.1) is 0 Å². The lowest BCUT2D eigenvalue weighted by atomic mass is 10.0. The second-order valence-corrected chi connectivity index (χ2v) is 3.25. The Labute approximate surface area is 90.0 Å². The van der Waals surface area contributed by atoms with Crippen LogP contribution in [-0.2, 0) is 11.2 Å². The molecule has 15 heavy (non-hydrogen) atoms. The molecule has 0 saturated carbocycles. The Morgan fingerprint density at radius 2 is 2.07 bits per heavy atom. The molecule has 3 nitrogen and oxygen atoms in total. The topological polar surface area (TPSA) is 55.1 Å². The first-order valence-electron chi connectivity index (χ1n) is 4.91. The summed E-state index contributed by atoms with van der Waals surface area (Å²) < 4.78 is 0. The summed E-state index contributed by atoms with van der Waals surface area (Å²) in [5.74, 6) is -0.0202. The molecule has 0 saturated heterocycles. The molecule has 1 rings (SSSR count). The fraction of sp³-hybridized carbons (Fsp3) is 0.250. The van der Waals surface area contributed by atoms with Gasteiger partial charge >= 0.3 is 0 Å². The molecule has 0 bridgehead atoms. The standard InChI is InChI=1S/C12H16N2O/c1-14-9-11(12(15)8-13)7-10-5-3-2-4-6-10/h2-6,9,14H,7-8,13H2,1H3/b11-9+. The Kier molecular flexibility index (Phi) is 4.57. The molecular weight excluding hydrogens is 188 g/mol. The SMILES string of the molecule is CN/C=C(\Cc1ccccc1)C(=O)CN. The Morgan fingerprint density at radius 3 is 2.60 bits per heavy atom. The van der Waals surface area contributed by atoms with Gasteiger partial charge in [0.15, 0.2) is 5.78 Å². The van der Waals surface area contributed by atoms with Crippen LogP contribution in [0.15, 0.2) is 42.1 Å². The normalized spacial score (nSPS) is 11.2. The van der Waals surface area contributed by atoms with Crippen LogP contribution in [-0.4, -0.2) is 19.4 Å². The molecule has 0 atom stereocenters. The molecule has 3 heteroatoms. The number of carbonyl (C=O) groups is 1. The van der Waals surface area contributed by atoms with Crippen LogP contribution in [0.2, 0.25) is 0 Å². The first-order valence-corrected chi connectivity index (χ1v) is 4.91. The molecule has 0 spiro atoms. The van der Waals surface area contributed by atoms with E-state index in [9.17, 15) is 4.79 Å². The highest BCUT2D eigenvalue weighted by molar-refractivity contribution is 5.97. The molecule has 0 heterocycles. The molecule has 0 aliphatic heterocycles. The summed E-state index contributed by atoms with van der Waals surface area (Å²) in [6.45, 7) is 0.0559. The van der Waals surface area contributed by atoms with Crippen molar-refractivity contribution in [3.63, 3.8) is 0 Å². The van der Waals surface area contributed by atoms with Crippen LogP contribution in [0, 0.1) is 0 Å². The number of nitrogens with two attached hydrogens (primary N) is 1. The van der Waals surface area contributed by atoms with Crippen LogP contribution < -0.4 is 11.1 Å². The Morgan fingerprint density at radius 1 is 1.40 bits per heavy atom. The van der Waals surface area contributed by atoms with Crippen LogP contribution in [0.4, 0.5) is 0 Å². The zero-order chi connectivity index (χ0) is 11.1. The van der Waals surface area contributed by atoms with Crippen molar-refractivity contribution in [3.05, 3.63) is 47.7 Å². The van der Waals surface area contributed by atoms with Crippen molar-refractivity contribution >= 4 is 5.78 Å². The monoisotopic (exact) mass is 204 g/mol. The number of Topliss-reactive ketones (excluding diaryl/α,β-unsaturated/α-hetero) is 1. The van der Waals surface area contributed by atoms with Gasteiger partial charge in [0.25, 0.3) is 0 Å². The van der Waals surface area contributed by atoms with E-state index in [1.165, 1.54) is 0 Å². The molecule has 0 unspecified atom stereocenters. The molecule has 80 valence electrons. The molecular formula is C12H16N2O. The summed E-state index contributed by atoms with van der Waals surface area (Å²) in [6, 6.07) is 9.86. The molecule has 0 aliphatic rings. The predicted octanol–water partition coefficient (Wildman–Crippen LogP) is 0.860. The minimum Gasteiger partial charge on any atom is -0.394 e. The number of nitrogens with one attached hydrogen (secondary N) is 1. The first kappa shape index (κ1) is 11.5. The fourth-order valence-electron chi connectivity index (χ4n) is 1.35. The molecule has 0 amide bonds. The van der Waals surface area contributed by atoms with Gasteiger partial charge in [-0.2, -0.15) is 0 Å². The molecule has 1 aromatic carbocycles. The zero-order valence-corrected chi connectivity index (χ0v) is 8.86. The lowest BCUT2D eigenvalue weighted by molar-refractivity contribution is -0.114. The van der Waals surface area contributed by atoms with E-state index >= 15 is 0 Å². The van der Waals surface area contributed by atoms with Crippen molar-refractivity contribution in [1.29, 1.82) is 0 Å². The largest absolute Gasteiger partial charge is 0.394 e. The van der Waals surface area contributed by atoms with Gasteiger partial charge in [-0.25, -0.2) is 0 Å². The number of carbonyl (C=O) groups excluding carboxylic acids is 1. The maximum atomic E-state index is 11.5. The van der Waals surface area contributed by atoms with E-state index in [4.69, 9.17) is 5.73 Å². The summed E-state index contributed by atoms with van der Waals surface area (Å²) in [5.41, 5.74) is 7.16. The van der Waals surface area contributed by atoms with Crippen LogP contribution in [0.3, 0.4) is 0 Å². The third-order valence-electron chi connectivity index (χ3n) is 2.10. The first-order chi connectivity index (χ1) is 7.27. The summed E-state index contributed by atoms with van der Waals surface area (Å²) in [7, 11) is 1.77. The van der Waals surface area contributed by atoms with Gasteiger partial charge in [-0.05, 0) is 5.56 Å². The second-order valence-electron chi connectivity index (χ2n) is 3.25. The summed E-state index contributed by atoms with van der Waals surface area (Å²) in [4.78, 5) is 11.5. The Hall–Kier alpha value is -1.61. The van der Waals surface area contributed by atoms with Gasteiger partial charge < -0.3 is 11.1 Å². The summed E-state index contributed by atoms with van der Waals surface area (Å²) in [5, 5.41) is 2.86. The van der Waals surface area contributed by atoms with Crippen molar-refractivity contribution in [1.82, 2.24) is 5.32 Å². The average molecular weight is 204 g/mol. The highest BCUT2D eigenvalue weighted by Crippen LogP contribution is 2.07. The van der Waals surface area contributed by atoms with E-state index in [-0.39, 0.29) is 12.3 Å². The lowest BCUT2D eigenvalue weighted by Gasteiger charge is -2.05. The van der Waals surface area contributed by atoms with Crippen LogP contribution in [0.1, 0.15) is 5.56 Å². The van der Waals surface area contributed by atoms with Crippen molar-refractivity contribution in [2.24, 2.45) is 5.73 Å². The third kappa shape index (κ3) is 3.56. The predicted molar refractivity (Wildman–Crippen MR) is 61.4 cm³/mol. The molecule has 0 aromatic heterocycles. The van der Waals surface area contributed by atoms with Crippen LogP contribution >= 0.6 is 0 Å². The van der Waals surface area contributed by atoms with Crippen molar-refractivity contribution < 1.29 is 4.79 Å². The number of benzene rings is 1. The zero-order valence-electron chi connectivity index (χ0n) is 8.86. The summed E-state index contributed by atoms with van der Waals surface area (Å²) in [6.07, 6.45) is 2.33. The van der Waals surface area contributed by atoms with Gasteiger partial charge in [0, 0.05) is 25.2 Å². The van der Waals surface area contributed by atoms with E-state index in [0.717, 1.165) is 5.56 Å². The van der Waals surface area contributed by atoms with Gasteiger partial charge in [-0.1, -0.05) is 30.3 Å². The van der Waals surface area contributed by atoms with Gasteiger partial charge in [0.05, 0.1) is 6.54 Å². The van der Waals surface area contributed by atoms with E-state index < -0.39 is 0 Å². The van der Waals surface area contributed by atoms with Crippen LogP contribution in [0.25, 0.3) is 0 Å². The second kappa shape index (κ2) is 5.98. The van der Waals surface area contributed by atoms with Crippen molar-refractivity contribution in [3.8, 4) is 0 Å². The lowest BCUT2D eigenvalue weighted by Crippen LogP contribution is -2.18. The van der Waals surface area contributed by atoms with E-state index in [1.807, 2.05) is 30.3 Å². The fourth-order valence-corrected chi connectivity index (χ4v) is 1.35. The molecule has 0 fully saturated rings. The molecule has 3 N–H and O–H groups in total. The summed E-state index contributed by atoms with van der Waals surface area (Å²) >= 11 is 0. The quantitative estimate of drug-likeness (QED) is 0.699. The average Bonchev–Trinajstić information content (AvgIpc) is 2.29. The highest BCUT2D eigenvalue weighted by Gasteiger charge is 2.07. The number of hydrogen-bond acceptors (Lipinski definition) is 3. The third-order valence-corrected chi connectivity index (χ3v) is 2.10.